The topological polar surface area (TPSA) is 26.0 Å². The first-order chi connectivity index (χ1) is 1.00. The second kappa shape index (κ2) is 26.7. The van der Waals surface area contributed by atoms with E-state index in [-0.39, 0.29) is 98.1 Å². The van der Waals surface area contributed by atoms with Gasteiger partial charge in [-0.1, -0.05) is 0 Å². The summed E-state index contributed by atoms with van der Waals surface area (Å²) in [7, 11) is 2.75. The molecule has 0 aliphatic heterocycles. The molecule has 0 aromatic heterocycles. The molecule has 0 saturated carbocycles. The Labute approximate surface area is 108 Å². The summed E-state index contributed by atoms with van der Waals surface area (Å²) in [5, 5.41) is 0. The van der Waals surface area contributed by atoms with E-state index in [4.69, 9.17) is 0 Å². The Morgan fingerprint density at radius 2 is 0.800 bits per heavy atom. The van der Waals surface area contributed by atoms with Crippen molar-refractivity contribution in [3.63, 3.8) is 0 Å². The van der Waals surface area contributed by atoms with Crippen molar-refractivity contribution in [2.45, 2.75) is 0 Å². The molecule has 5 heavy (non-hydrogen) atoms. The minimum Gasteiger partial charge on any atom is -0.486 e. The predicted octanol–water partition coefficient (Wildman–Crippen LogP) is -0.271. The van der Waals surface area contributed by atoms with Gasteiger partial charge in [-0.15, -0.1) is 0 Å². The first-order valence-corrected chi connectivity index (χ1v) is 0.408. The zero-order valence-corrected chi connectivity index (χ0v) is 11.5. The summed E-state index contributed by atoms with van der Waals surface area (Å²) < 4.78 is 0. The molecule has 0 heterocycles. The Kier molecular flexibility index (Phi) is 128. The zero-order chi connectivity index (χ0) is 2.00. The summed E-state index contributed by atoms with van der Waals surface area (Å²) in [6.07, 6.45) is 0. The first kappa shape index (κ1) is 24.0. The largest absolute Gasteiger partial charge is 0.486 e. The van der Waals surface area contributed by atoms with Gasteiger partial charge in [0.1, 0.15) is 0 Å². The van der Waals surface area contributed by atoms with Gasteiger partial charge >= 0.3 is 0 Å². The van der Waals surface area contributed by atoms with Gasteiger partial charge in [0.05, 0.1) is 0 Å². The number of hydrogen-bond acceptors (Lipinski definition) is 1. The number of nitrogens with two attached hydrogens (primary N) is 1. The number of rotatable bonds is 0. The first-order valence-electron chi connectivity index (χ1n) is 0.408. The van der Waals surface area contributed by atoms with Crippen LogP contribution >= 0.6 is 0 Å². The quantitative estimate of drug-likeness (QED) is 0.612. The molecule has 0 spiro atoms. The second-order valence-electron chi connectivity index (χ2n) is 0. The average molecular weight is 297 g/mol. The third-order valence-electron chi connectivity index (χ3n) is 0. The summed E-state index contributed by atoms with van der Waals surface area (Å²) in [6, 6.07) is 0. The van der Waals surface area contributed by atoms with Crippen LogP contribution in [0.2, 0.25) is 0 Å². The maximum atomic E-state index is 4.25. The molecule has 0 rings (SSSR count). The molecule has 2 N–H and O–H groups in total. The third-order valence-corrected chi connectivity index (χ3v) is 0. The van der Waals surface area contributed by atoms with Crippen molar-refractivity contribution in [2.24, 2.45) is 5.73 Å². The SMILES string of the molecule is [CH2-]N.[Y].[Y].[Y]. The minimum absolute atomic E-state index is 0. The molecule has 1 nitrogen and oxygen atoms in total. The van der Waals surface area contributed by atoms with Crippen molar-refractivity contribution >= 4 is 0 Å². The minimum atomic E-state index is 0. The molecule has 0 aromatic rings. The van der Waals surface area contributed by atoms with Gasteiger partial charge in [-0.2, -0.15) is 0 Å². The van der Waals surface area contributed by atoms with Gasteiger partial charge in [0.15, 0.2) is 0 Å². The molecule has 0 aliphatic carbocycles. The maximum absolute atomic E-state index is 4.25. The Balaban J connectivity index is -0.00000000167. The van der Waals surface area contributed by atoms with Crippen LogP contribution in [0.5, 0.6) is 0 Å². The van der Waals surface area contributed by atoms with Crippen LogP contribution in [0, 0.1) is 7.05 Å². The van der Waals surface area contributed by atoms with Crippen LogP contribution in [-0.4, -0.2) is 0 Å². The van der Waals surface area contributed by atoms with E-state index in [2.05, 4.69) is 12.8 Å². The Morgan fingerprint density at radius 3 is 0.800 bits per heavy atom. The fourth-order valence-corrected chi connectivity index (χ4v) is 0. The van der Waals surface area contributed by atoms with E-state index in [0.717, 1.165) is 0 Å². The van der Waals surface area contributed by atoms with Crippen LogP contribution in [0.25, 0.3) is 0 Å². The van der Waals surface area contributed by atoms with E-state index in [9.17, 15) is 0 Å². The molecular weight excluding hydrogens is 293 g/mol. The molecule has 3 radical (unpaired) electrons. The van der Waals surface area contributed by atoms with E-state index in [1.54, 1.807) is 0 Å². The predicted molar refractivity (Wildman–Crippen MR) is 9.54 cm³/mol. The Morgan fingerprint density at radius 1 is 0.800 bits per heavy atom. The fraction of sp³-hybridized carbons (Fsp3) is 0. The average Bonchev–Trinajstić information content (AvgIpc) is 1.00. The van der Waals surface area contributed by atoms with Crippen LogP contribution in [0.4, 0.5) is 0 Å². The van der Waals surface area contributed by atoms with Crippen LogP contribution in [-0.2, 0) is 98.1 Å². The van der Waals surface area contributed by atoms with Crippen molar-refractivity contribution < 1.29 is 98.1 Å². The van der Waals surface area contributed by atoms with Crippen LogP contribution in [0.3, 0.4) is 0 Å². The van der Waals surface area contributed by atoms with Gasteiger partial charge < -0.3 is 5.73 Å². The molecule has 0 amide bonds. The smallest absolute Gasteiger partial charge is 0 e. The normalized spacial score (nSPS) is 1.20. The van der Waals surface area contributed by atoms with E-state index in [1.165, 1.54) is 0 Å². The molecule has 0 bridgehead atoms. The Hall–Kier alpha value is 3.27. The van der Waals surface area contributed by atoms with E-state index in [0.29, 0.717) is 0 Å². The molecule has 0 saturated heterocycles. The maximum Gasteiger partial charge on any atom is 0 e. The standard InChI is InChI=1S/CH4N.3Y/c1-2;;;/h1-2H2;;;/q-1;;;. The number of hydrogen-bond donors (Lipinski definition) is 1. The van der Waals surface area contributed by atoms with Gasteiger partial charge in [0.25, 0.3) is 0 Å². The van der Waals surface area contributed by atoms with Crippen molar-refractivity contribution in [2.75, 3.05) is 0 Å². The van der Waals surface area contributed by atoms with E-state index in [1.807, 2.05) is 0 Å². The molecule has 0 aliphatic rings. The van der Waals surface area contributed by atoms with Gasteiger partial charge in [0, 0.05) is 98.1 Å². The molecule has 0 unspecified atom stereocenters. The second-order valence-corrected chi connectivity index (χ2v) is 0. The molecule has 0 atom stereocenters. The van der Waals surface area contributed by atoms with Gasteiger partial charge in [-0.25, -0.2) is 0 Å². The van der Waals surface area contributed by atoms with Gasteiger partial charge in [0.2, 0.25) is 0 Å². The molecule has 0 aromatic carbocycles. The van der Waals surface area contributed by atoms with E-state index >= 15 is 0 Å². The molecule has 0 fully saturated rings. The van der Waals surface area contributed by atoms with Gasteiger partial charge in [-0.05, 0) is 0 Å². The summed E-state index contributed by atoms with van der Waals surface area (Å²) in [5.41, 5.74) is 4.25. The monoisotopic (exact) mass is 297 g/mol. The summed E-state index contributed by atoms with van der Waals surface area (Å²) in [6.45, 7) is 0. The fourth-order valence-electron chi connectivity index (χ4n) is 0. The summed E-state index contributed by atoms with van der Waals surface area (Å²) in [5.74, 6) is 0. The molecule has 4 heteroatoms. The van der Waals surface area contributed by atoms with Crippen LogP contribution in [0.1, 0.15) is 0 Å². The van der Waals surface area contributed by atoms with Crippen molar-refractivity contribution in [1.29, 1.82) is 0 Å². The van der Waals surface area contributed by atoms with Crippen molar-refractivity contribution in [3.8, 4) is 0 Å². The van der Waals surface area contributed by atoms with Crippen LogP contribution < -0.4 is 5.73 Å². The summed E-state index contributed by atoms with van der Waals surface area (Å²) in [4.78, 5) is 0. The van der Waals surface area contributed by atoms with E-state index < -0.39 is 0 Å². The summed E-state index contributed by atoms with van der Waals surface area (Å²) >= 11 is 0. The third kappa shape index (κ3) is 18.9. The molecule has 23 valence electrons. The zero-order valence-electron chi connectivity index (χ0n) is 3.02. The Bertz CT molecular complexity index is 6.85. The van der Waals surface area contributed by atoms with Gasteiger partial charge in [-0.3, -0.25) is 7.05 Å². The van der Waals surface area contributed by atoms with Crippen molar-refractivity contribution in [3.05, 3.63) is 7.05 Å². The molecular formula is CH4NY3-. The van der Waals surface area contributed by atoms with Crippen LogP contribution in [0.15, 0.2) is 0 Å². The van der Waals surface area contributed by atoms with Crippen molar-refractivity contribution in [1.82, 2.24) is 0 Å².